The summed E-state index contributed by atoms with van der Waals surface area (Å²) >= 11 is 1.83. The van der Waals surface area contributed by atoms with Crippen LogP contribution in [-0.2, 0) is 20.8 Å². The Morgan fingerprint density at radius 1 is 0.907 bits per heavy atom. The van der Waals surface area contributed by atoms with Gasteiger partial charge in [-0.15, -0.1) is 11.8 Å². The molecule has 0 heterocycles. The molecule has 2 atom stereocenters. The van der Waals surface area contributed by atoms with Gasteiger partial charge in [-0.2, -0.15) is 0 Å². The Morgan fingerprint density at radius 2 is 1.60 bits per heavy atom. The van der Waals surface area contributed by atoms with Gasteiger partial charge in [-0.1, -0.05) is 50.2 Å². The first-order chi connectivity index (χ1) is 20.6. The van der Waals surface area contributed by atoms with E-state index in [1.165, 1.54) is 30.2 Å². The first kappa shape index (κ1) is 33.5. The minimum atomic E-state index is -1.06. The Hall–Kier alpha value is -3.98. The maximum absolute atomic E-state index is 13.4. The number of rotatable bonds is 16. The first-order valence-corrected chi connectivity index (χ1v) is 15.4. The molecule has 0 aliphatic rings. The van der Waals surface area contributed by atoms with Crippen LogP contribution in [0.2, 0.25) is 0 Å². The molecule has 3 N–H and O–H groups in total. The number of amides is 2. The minimum Gasteiger partial charge on any atom is -0.493 e. The average Bonchev–Trinajstić information content (AvgIpc) is 2.97. The van der Waals surface area contributed by atoms with Crippen LogP contribution < -0.4 is 20.1 Å². The second-order valence-electron chi connectivity index (χ2n) is 10.9. The van der Waals surface area contributed by atoms with Gasteiger partial charge in [0, 0.05) is 28.7 Å². The molecule has 0 aliphatic carbocycles. The summed E-state index contributed by atoms with van der Waals surface area (Å²) in [5.74, 6) is -0.302. The molecule has 0 radical (unpaired) electrons. The van der Waals surface area contributed by atoms with Gasteiger partial charge in [-0.3, -0.25) is 14.4 Å². The molecule has 3 aromatic carbocycles. The third kappa shape index (κ3) is 10.7. The number of carbonyl (C=O) groups is 3. The Morgan fingerprint density at radius 3 is 2.23 bits per heavy atom. The average molecular weight is 607 g/mol. The van der Waals surface area contributed by atoms with Crippen LogP contribution >= 0.6 is 11.8 Å². The highest BCUT2D eigenvalue weighted by molar-refractivity contribution is 7.99. The van der Waals surface area contributed by atoms with Crippen LogP contribution in [0.4, 0.5) is 5.69 Å². The van der Waals surface area contributed by atoms with E-state index in [0.717, 1.165) is 12.2 Å². The van der Waals surface area contributed by atoms with Gasteiger partial charge in [0.05, 0.1) is 26.7 Å². The number of aryl methyl sites for hydroxylation is 2. The molecular weight excluding hydrogens is 564 g/mol. The number of ether oxygens (including phenoxy) is 2. The highest BCUT2D eigenvalue weighted by Crippen LogP contribution is 2.31. The van der Waals surface area contributed by atoms with Crippen molar-refractivity contribution in [1.29, 1.82) is 0 Å². The number of anilines is 1. The lowest BCUT2D eigenvalue weighted by molar-refractivity contribution is -0.138. The quantitative estimate of drug-likeness (QED) is 0.156. The van der Waals surface area contributed by atoms with Gasteiger partial charge < -0.3 is 25.2 Å². The standard InChI is InChI=1S/C34H42N2O6S/c1-22(2)18-26(34(40)36-28(21-33(38)39)25-12-15-29(41-4)30(19-25)42-5)20-32(37)35-27-13-10-24(11-14-27)16-17-43-31-9-7-6-8-23(31)3/h6-15,19,22,26,28H,16-18,20-21H2,1-5H3,(H,35,37)(H,36,40)(H,38,39)/t26?,28-/m0/s1. The summed E-state index contributed by atoms with van der Waals surface area (Å²) in [7, 11) is 3.00. The molecule has 0 aliphatic heterocycles. The van der Waals surface area contributed by atoms with E-state index in [2.05, 4.69) is 35.8 Å². The van der Waals surface area contributed by atoms with Crippen molar-refractivity contribution in [2.75, 3.05) is 25.3 Å². The number of hydrogen-bond acceptors (Lipinski definition) is 6. The highest BCUT2D eigenvalue weighted by Gasteiger charge is 2.27. The Balaban J connectivity index is 1.62. The van der Waals surface area contributed by atoms with Crippen molar-refractivity contribution in [1.82, 2.24) is 5.32 Å². The van der Waals surface area contributed by atoms with Crippen LogP contribution in [0.5, 0.6) is 11.5 Å². The molecule has 0 spiro atoms. The zero-order chi connectivity index (χ0) is 31.4. The summed E-state index contributed by atoms with van der Waals surface area (Å²) in [5.41, 5.74) is 3.68. The van der Waals surface area contributed by atoms with Crippen LogP contribution in [0.1, 0.15) is 55.8 Å². The molecule has 1 unspecified atom stereocenters. The number of benzene rings is 3. The molecule has 0 fully saturated rings. The van der Waals surface area contributed by atoms with Crippen molar-refractivity contribution >= 4 is 35.2 Å². The van der Waals surface area contributed by atoms with Gasteiger partial charge in [0.25, 0.3) is 0 Å². The number of carboxylic acid groups (broad SMARTS) is 1. The highest BCUT2D eigenvalue weighted by atomic mass is 32.2. The smallest absolute Gasteiger partial charge is 0.305 e. The Labute approximate surface area is 258 Å². The number of methoxy groups -OCH3 is 2. The third-order valence-electron chi connectivity index (χ3n) is 7.04. The summed E-state index contributed by atoms with van der Waals surface area (Å²) in [4.78, 5) is 39.4. The van der Waals surface area contributed by atoms with Gasteiger partial charge in [-0.05, 0) is 72.7 Å². The predicted molar refractivity (Wildman–Crippen MR) is 171 cm³/mol. The molecule has 0 aromatic heterocycles. The molecule has 8 nitrogen and oxygen atoms in total. The first-order valence-electron chi connectivity index (χ1n) is 14.4. The molecule has 230 valence electrons. The minimum absolute atomic E-state index is 0.0233. The zero-order valence-electron chi connectivity index (χ0n) is 25.5. The van der Waals surface area contributed by atoms with Crippen molar-refractivity contribution in [3.8, 4) is 11.5 Å². The molecule has 43 heavy (non-hydrogen) atoms. The van der Waals surface area contributed by atoms with E-state index in [0.29, 0.717) is 29.2 Å². The number of carboxylic acids is 1. The molecule has 0 bridgehead atoms. The second-order valence-corrected chi connectivity index (χ2v) is 12.0. The number of nitrogens with one attached hydrogen (secondary N) is 2. The molecule has 2 amide bonds. The third-order valence-corrected chi connectivity index (χ3v) is 8.22. The molecule has 0 saturated carbocycles. The fraction of sp³-hybridized carbons (Fsp3) is 0.382. The zero-order valence-corrected chi connectivity index (χ0v) is 26.3. The second kappa shape index (κ2) is 16.6. The van der Waals surface area contributed by atoms with Crippen molar-refractivity contribution in [2.24, 2.45) is 11.8 Å². The van der Waals surface area contributed by atoms with E-state index in [4.69, 9.17) is 9.47 Å². The SMILES string of the molecule is COc1ccc([C@H](CC(=O)O)NC(=O)C(CC(=O)Nc2ccc(CCSc3ccccc3C)cc2)CC(C)C)cc1OC. The summed E-state index contributed by atoms with van der Waals surface area (Å²) in [6, 6.07) is 20.3. The lowest BCUT2D eigenvalue weighted by Crippen LogP contribution is -2.37. The predicted octanol–water partition coefficient (Wildman–Crippen LogP) is 6.67. The van der Waals surface area contributed by atoms with E-state index in [-0.39, 0.29) is 30.6 Å². The summed E-state index contributed by atoms with van der Waals surface area (Å²) < 4.78 is 10.6. The maximum Gasteiger partial charge on any atom is 0.305 e. The summed E-state index contributed by atoms with van der Waals surface area (Å²) in [6.45, 7) is 6.08. The van der Waals surface area contributed by atoms with Crippen LogP contribution in [-0.4, -0.2) is 42.9 Å². The fourth-order valence-electron chi connectivity index (χ4n) is 4.83. The van der Waals surface area contributed by atoms with Crippen LogP contribution in [0.15, 0.2) is 71.6 Å². The van der Waals surface area contributed by atoms with Crippen molar-refractivity contribution < 1.29 is 29.0 Å². The van der Waals surface area contributed by atoms with Gasteiger partial charge in [0.2, 0.25) is 11.8 Å². The van der Waals surface area contributed by atoms with Gasteiger partial charge in [0.1, 0.15) is 0 Å². The van der Waals surface area contributed by atoms with E-state index < -0.39 is 17.9 Å². The normalized spacial score (nSPS) is 12.3. The molecular formula is C34H42N2O6S. The number of hydrogen-bond donors (Lipinski definition) is 3. The van der Waals surface area contributed by atoms with Gasteiger partial charge >= 0.3 is 5.97 Å². The van der Waals surface area contributed by atoms with Crippen molar-refractivity contribution in [2.45, 2.75) is 57.4 Å². The van der Waals surface area contributed by atoms with Crippen LogP contribution in [0, 0.1) is 18.8 Å². The Kier molecular flexibility index (Phi) is 12.9. The summed E-state index contributed by atoms with van der Waals surface area (Å²) in [5, 5.41) is 15.3. The van der Waals surface area contributed by atoms with Crippen molar-refractivity contribution in [3.05, 3.63) is 83.4 Å². The molecule has 3 rings (SSSR count). The molecule has 9 heteroatoms. The molecule has 3 aromatic rings. The van der Waals surface area contributed by atoms with Crippen LogP contribution in [0.25, 0.3) is 0 Å². The lowest BCUT2D eigenvalue weighted by atomic mass is 9.92. The van der Waals surface area contributed by atoms with E-state index in [1.54, 1.807) is 18.2 Å². The summed E-state index contributed by atoms with van der Waals surface area (Å²) in [6.07, 6.45) is 1.03. The van der Waals surface area contributed by atoms with Crippen molar-refractivity contribution in [3.63, 3.8) is 0 Å². The van der Waals surface area contributed by atoms with E-state index in [9.17, 15) is 19.5 Å². The monoisotopic (exact) mass is 606 g/mol. The van der Waals surface area contributed by atoms with E-state index in [1.807, 2.05) is 55.9 Å². The van der Waals surface area contributed by atoms with Crippen LogP contribution in [0.3, 0.4) is 0 Å². The number of thioether (sulfide) groups is 1. The maximum atomic E-state index is 13.4. The lowest BCUT2D eigenvalue weighted by Gasteiger charge is -2.24. The fourth-order valence-corrected chi connectivity index (χ4v) is 5.85. The Bertz CT molecular complexity index is 1380. The van der Waals surface area contributed by atoms with Gasteiger partial charge in [0.15, 0.2) is 11.5 Å². The number of aliphatic carboxylic acids is 1. The molecule has 0 saturated heterocycles. The number of carbonyl (C=O) groups excluding carboxylic acids is 2. The van der Waals surface area contributed by atoms with Gasteiger partial charge in [-0.25, -0.2) is 0 Å². The topological polar surface area (TPSA) is 114 Å². The van der Waals surface area contributed by atoms with E-state index >= 15 is 0 Å². The largest absolute Gasteiger partial charge is 0.493 e.